The first-order valence-corrected chi connectivity index (χ1v) is 8.41. The normalized spacial score (nSPS) is 13.1. The molecule has 3 aromatic rings. The van der Waals surface area contributed by atoms with Crippen molar-refractivity contribution in [1.82, 2.24) is 4.57 Å². The number of aliphatic carboxylic acids is 1. The molecule has 0 aliphatic rings. The summed E-state index contributed by atoms with van der Waals surface area (Å²) in [6, 6.07) is 16.6. The van der Waals surface area contributed by atoms with E-state index in [-0.39, 0.29) is 13.0 Å². The van der Waals surface area contributed by atoms with Gasteiger partial charge >= 0.3 is 11.9 Å². The molecular formula is C21H20N2O4. The van der Waals surface area contributed by atoms with Crippen LogP contribution in [0.1, 0.15) is 5.56 Å². The molecule has 3 rings (SSSR count). The molecule has 2 aromatic carbocycles. The molecule has 1 atom stereocenters. The number of nitrogens with zero attached hydrogens (tertiary/aromatic N) is 1. The maximum Gasteiger partial charge on any atom is 0.329 e. The van der Waals surface area contributed by atoms with Crippen molar-refractivity contribution in [3.8, 4) is 5.75 Å². The number of esters is 1. The van der Waals surface area contributed by atoms with Gasteiger partial charge in [0, 0.05) is 11.6 Å². The first-order valence-electron chi connectivity index (χ1n) is 8.41. The summed E-state index contributed by atoms with van der Waals surface area (Å²) >= 11 is 0. The number of carboxylic acid groups (broad SMARTS) is 1. The summed E-state index contributed by atoms with van der Waals surface area (Å²) in [7, 11) is 0. The number of hydrogen-bond donors (Lipinski definition) is 2. The summed E-state index contributed by atoms with van der Waals surface area (Å²) in [4.78, 5) is 23.8. The van der Waals surface area contributed by atoms with Gasteiger partial charge in [-0.05, 0) is 17.7 Å². The number of rotatable bonds is 7. The summed E-state index contributed by atoms with van der Waals surface area (Å²) in [5, 5.41) is 10.1. The van der Waals surface area contributed by atoms with E-state index in [9.17, 15) is 14.7 Å². The van der Waals surface area contributed by atoms with E-state index < -0.39 is 17.5 Å². The number of fused-ring (bicyclic) bond motifs is 1. The van der Waals surface area contributed by atoms with Crippen molar-refractivity contribution in [3.05, 3.63) is 79.0 Å². The van der Waals surface area contributed by atoms with Crippen molar-refractivity contribution >= 4 is 22.8 Å². The molecule has 0 aliphatic carbocycles. The number of nitrogens with two attached hydrogens (primary N) is 1. The molecule has 138 valence electrons. The van der Waals surface area contributed by atoms with Crippen molar-refractivity contribution in [3.63, 3.8) is 0 Å². The predicted molar refractivity (Wildman–Crippen MR) is 102 cm³/mol. The van der Waals surface area contributed by atoms with Crippen LogP contribution in [-0.4, -0.2) is 27.2 Å². The lowest BCUT2D eigenvalue weighted by atomic mass is 10.0. The zero-order valence-corrected chi connectivity index (χ0v) is 14.7. The van der Waals surface area contributed by atoms with Gasteiger partial charge in [0.25, 0.3) is 0 Å². The van der Waals surface area contributed by atoms with E-state index in [1.165, 1.54) is 6.08 Å². The number of ether oxygens (including phenoxy) is 1. The Morgan fingerprint density at radius 1 is 1.15 bits per heavy atom. The van der Waals surface area contributed by atoms with E-state index in [2.05, 4.69) is 6.58 Å². The van der Waals surface area contributed by atoms with Gasteiger partial charge in [-0.2, -0.15) is 0 Å². The maximum atomic E-state index is 12.3. The molecule has 3 N–H and O–H groups in total. The summed E-state index contributed by atoms with van der Waals surface area (Å²) in [5.41, 5.74) is 5.87. The van der Waals surface area contributed by atoms with E-state index in [0.717, 1.165) is 11.1 Å². The highest BCUT2D eigenvalue weighted by Crippen LogP contribution is 2.29. The molecule has 6 nitrogen and oxygen atoms in total. The second kappa shape index (κ2) is 7.47. The van der Waals surface area contributed by atoms with Crippen molar-refractivity contribution in [1.29, 1.82) is 0 Å². The lowest BCUT2D eigenvalue weighted by Crippen LogP contribution is -2.49. The Bertz CT molecular complexity index is 994. The van der Waals surface area contributed by atoms with Gasteiger partial charge in [0.05, 0.1) is 18.5 Å². The number of hydrogen-bond acceptors (Lipinski definition) is 4. The Kier molecular flexibility index (Phi) is 5.09. The lowest BCUT2D eigenvalue weighted by molar-refractivity contribution is -0.142. The second-order valence-electron chi connectivity index (χ2n) is 6.32. The van der Waals surface area contributed by atoms with Gasteiger partial charge in [-0.3, -0.25) is 4.79 Å². The van der Waals surface area contributed by atoms with Crippen molar-refractivity contribution in [2.45, 2.75) is 18.5 Å². The van der Waals surface area contributed by atoms with Crippen LogP contribution in [0.2, 0.25) is 0 Å². The van der Waals surface area contributed by atoms with Crippen molar-refractivity contribution in [2.75, 3.05) is 0 Å². The molecule has 0 aliphatic heterocycles. The van der Waals surface area contributed by atoms with Crippen LogP contribution in [-0.2, 0) is 22.6 Å². The van der Waals surface area contributed by atoms with Crippen LogP contribution in [0.3, 0.4) is 0 Å². The fourth-order valence-electron chi connectivity index (χ4n) is 2.85. The van der Waals surface area contributed by atoms with Crippen LogP contribution in [0.4, 0.5) is 0 Å². The van der Waals surface area contributed by atoms with Crippen LogP contribution < -0.4 is 10.5 Å². The molecule has 1 heterocycles. The molecule has 0 amide bonds. The Balaban J connectivity index is 1.89. The fourth-order valence-corrected chi connectivity index (χ4v) is 2.85. The number of para-hydroxylation sites is 1. The average Bonchev–Trinajstić information content (AvgIpc) is 2.99. The Morgan fingerprint density at radius 2 is 1.81 bits per heavy atom. The van der Waals surface area contributed by atoms with Gasteiger partial charge in [0.1, 0.15) is 0 Å². The van der Waals surface area contributed by atoms with E-state index >= 15 is 0 Å². The molecule has 27 heavy (non-hydrogen) atoms. The molecular weight excluding hydrogens is 344 g/mol. The smallest absolute Gasteiger partial charge is 0.329 e. The van der Waals surface area contributed by atoms with Gasteiger partial charge in [-0.25, -0.2) is 4.79 Å². The minimum absolute atomic E-state index is 0.0391. The first kappa shape index (κ1) is 18.4. The number of carbonyl (C=O) groups excluding carboxylic acids is 1. The lowest BCUT2D eigenvalue weighted by Gasteiger charge is -2.21. The Hall–Kier alpha value is -3.38. The monoisotopic (exact) mass is 364 g/mol. The van der Waals surface area contributed by atoms with E-state index in [4.69, 9.17) is 10.5 Å². The fraction of sp³-hybridized carbons (Fsp3) is 0.143. The molecule has 0 radical (unpaired) electrons. The minimum Gasteiger partial charge on any atom is -0.480 e. The van der Waals surface area contributed by atoms with Gasteiger partial charge in [-0.15, -0.1) is 6.58 Å². The van der Waals surface area contributed by atoms with Gasteiger partial charge in [-0.1, -0.05) is 48.5 Å². The van der Waals surface area contributed by atoms with Crippen LogP contribution in [0.15, 0.2) is 73.4 Å². The number of benzene rings is 2. The minimum atomic E-state index is -1.63. The zero-order valence-electron chi connectivity index (χ0n) is 14.7. The number of carbonyl (C=O) groups is 2. The highest BCUT2D eigenvalue weighted by molar-refractivity contribution is 5.90. The Labute approximate surface area is 156 Å². The van der Waals surface area contributed by atoms with Gasteiger partial charge < -0.3 is 20.1 Å². The van der Waals surface area contributed by atoms with Crippen LogP contribution in [0.5, 0.6) is 5.75 Å². The van der Waals surface area contributed by atoms with E-state index in [1.54, 1.807) is 10.8 Å². The molecule has 0 bridgehead atoms. The highest BCUT2D eigenvalue weighted by Gasteiger charge is 2.31. The third kappa shape index (κ3) is 3.91. The van der Waals surface area contributed by atoms with Gasteiger partial charge in [0.2, 0.25) is 0 Å². The molecule has 0 saturated heterocycles. The third-order valence-electron chi connectivity index (χ3n) is 4.36. The topological polar surface area (TPSA) is 94.5 Å². The second-order valence-corrected chi connectivity index (χ2v) is 6.32. The van der Waals surface area contributed by atoms with Crippen LogP contribution in [0.25, 0.3) is 10.9 Å². The zero-order chi connectivity index (χ0) is 19.4. The Morgan fingerprint density at radius 3 is 2.48 bits per heavy atom. The third-order valence-corrected chi connectivity index (χ3v) is 4.36. The van der Waals surface area contributed by atoms with Crippen molar-refractivity contribution < 1.29 is 19.4 Å². The van der Waals surface area contributed by atoms with Crippen LogP contribution >= 0.6 is 0 Å². The number of carboxylic acids is 1. The molecule has 0 spiro atoms. The standard InChI is InChI=1S/C21H20N2O4/c1-2-21(22,20(25)26)14-23-13-18(16-10-6-7-11-17(16)23)27-19(24)12-15-8-4-3-5-9-15/h2-11,13H,1,12,14,22H2,(H,25,26). The van der Waals surface area contributed by atoms with E-state index in [0.29, 0.717) is 11.1 Å². The number of aromatic nitrogens is 1. The molecule has 0 saturated carbocycles. The summed E-state index contributed by atoms with van der Waals surface area (Å²) < 4.78 is 7.21. The molecule has 1 unspecified atom stereocenters. The molecule has 1 aromatic heterocycles. The van der Waals surface area contributed by atoms with Crippen molar-refractivity contribution in [2.24, 2.45) is 5.73 Å². The van der Waals surface area contributed by atoms with Gasteiger partial charge in [0.15, 0.2) is 11.3 Å². The SMILES string of the molecule is C=CC(N)(Cn1cc(OC(=O)Cc2ccccc2)c2ccccc21)C(=O)O. The first-order chi connectivity index (χ1) is 12.9. The quantitative estimate of drug-likeness (QED) is 0.497. The average molecular weight is 364 g/mol. The summed E-state index contributed by atoms with van der Waals surface area (Å²) in [6.07, 6.45) is 2.94. The summed E-state index contributed by atoms with van der Waals surface area (Å²) in [5.74, 6) is -1.22. The maximum absolute atomic E-state index is 12.3. The predicted octanol–water partition coefficient (Wildman–Crippen LogP) is 2.76. The molecule has 0 fully saturated rings. The van der Waals surface area contributed by atoms with Crippen LogP contribution in [0, 0.1) is 0 Å². The summed E-state index contributed by atoms with van der Waals surface area (Å²) in [6.45, 7) is 3.49. The molecule has 6 heteroatoms. The van der Waals surface area contributed by atoms with E-state index in [1.807, 2.05) is 54.6 Å². The largest absolute Gasteiger partial charge is 0.480 e. The highest BCUT2D eigenvalue weighted by atomic mass is 16.5.